The highest BCUT2D eigenvalue weighted by atomic mass is 16.2. The summed E-state index contributed by atoms with van der Waals surface area (Å²) in [6.07, 6.45) is 0. The molecule has 0 radical (unpaired) electrons. The number of nitrogens with one attached hydrogen (secondary N) is 2. The van der Waals surface area contributed by atoms with Gasteiger partial charge in [-0.3, -0.25) is 0 Å². The van der Waals surface area contributed by atoms with Crippen LogP contribution in [0.5, 0.6) is 0 Å². The van der Waals surface area contributed by atoms with Gasteiger partial charge in [0.1, 0.15) is 0 Å². The van der Waals surface area contributed by atoms with E-state index in [1.165, 1.54) is 0 Å². The van der Waals surface area contributed by atoms with Crippen molar-refractivity contribution in [1.29, 1.82) is 0 Å². The minimum Gasteiger partial charge on any atom is -0.341 e. The van der Waals surface area contributed by atoms with Crippen molar-refractivity contribution in [3.05, 3.63) is 0 Å². The zero-order valence-electron chi connectivity index (χ0n) is 8.69. The van der Waals surface area contributed by atoms with E-state index in [1.54, 1.807) is 7.05 Å². The van der Waals surface area contributed by atoms with E-state index in [2.05, 4.69) is 38.3 Å². The molecule has 0 fully saturated rings. The molecule has 3 nitrogen and oxygen atoms in total. The van der Waals surface area contributed by atoms with Crippen molar-refractivity contribution in [2.45, 2.75) is 27.7 Å². The summed E-state index contributed by atoms with van der Waals surface area (Å²) >= 11 is 0. The van der Waals surface area contributed by atoms with Crippen LogP contribution in [0.25, 0.3) is 0 Å². The summed E-state index contributed by atoms with van der Waals surface area (Å²) in [6.45, 7) is 9.32. The second-order valence-corrected chi connectivity index (χ2v) is 4.08. The third-order valence-electron chi connectivity index (χ3n) is 2.49. The van der Waals surface area contributed by atoms with E-state index in [0.717, 1.165) is 0 Å². The van der Waals surface area contributed by atoms with Gasteiger partial charge in [-0.15, -0.1) is 0 Å². The monoisotopic (exact) mass is 172 g/mol. The van der Waals surface area contributed by atoms with E-state index >= 15 is 0 Å². The Labute approximate surface area is 74.9 Å². The summed E-state index contributed by atoms with van der Waals surface area (Å²) in [5.41, 5.74) is 0.159. The van der Waals surface area contributed by atoms with Crippen LogP contribution in [0, 0.1) is 11.3 Å². The van der Waals surface area contributed by atoms with E-state index in [4.69, 9.17) is 0 Å². The van der Waals surface area contributed by atoms with Gasteiger partial charge in [0, 0.05) is 13.6 Å². The summed E-state index contributed by atoms with van der Waals surface area (Å²) in [6, 6.07) is -0.108. The molecule has 72 valence electrons. The number of amides is 2. The lowest BCUT2D eigenvalue weighted by Gasteiger charge is -2.29. The topological polar surface area (TPSA) is 41.1 Å². The Morgan fingerprint density at radius 2 is 1.92 bits per heavy atom. The highest BCUT2D eigenvalue weighted by Crippen LogP contribution is 2.24. The Kier molecular flexibility index (Phi) is 4.07. The number of carbonyl (C=O) groups is 1. The number of hydrogen-bond donors (Lipinski definition) is 2. The molecule has 0 atom stereocenters. The van der Waals surface area contributed by atoms with Crippen LogP contribution in [0.4, 0.5) is 4.79 Å². The van der Waals surface area contributed by atoms with Crippen LogP contribution < -0.4 is 10.6 Å². The Morgan fingerprint density at radius 3 is 2.25 bits per heavy atom. The third kappa shape index (κ3) is 3.60. The number of hydrogen-bond acceptors (Lipinski definition) is 1. The van der Waals surface area contributed by atoms with Crippen molar-refractivity contribution in [2.75, 3.05) is 13.6 Å². The predicted octanol–water partition coefficient (Wildman–Crippen LogP) is 1.60. The molecule has 0 rings (SSSR count). The zero-order valence-corrected chi connectivity index (χ0v) is 8.69. The fourth-order valence-electron chi connectivity index (χ4n) is 0.601. The van der Waals surface area contributed by atoms with Gasteiger partial charge in [-0.2, -0.15) is 0 Å². The lowest BCUT2D eigenvalue weighted by Crippen LogP contribution is -2.41. The molecule has 0 aromatic carbocycles. The van der Waals surface area contributed by atoms with Gasteiger partial charge in [-0.05, 0) is 11.3 Å². The van der Waals surface area contributed by atoms with Crippen LogP contribution in [0.15, 0.2) is 0 Å². The number of rotatable bonds is 3. The molecule has 0 aromatic rings. The lowest BCUT2D eigenvalue weighted by molar-refractivity contribution is 0.217. The van der Waals surface area contributed by atoms with Gasteiger partial charge in [0.25, 0.3) is 0 Å². The standard InChI is InChI=1S/C9H20N2O/c1-7(2)9(3,4)6-11-8(12)10-5/h7H,6H2,1-5H3,(H2,10,11,12). The maximum Gasteiger partial charge on any atom is 0.314 e. The largest absolute Gasteiger partial charge is 0.341 e. The Balaban J connectivity index is 3.83. The SMILES string of the molecule is CNC(=O)NCC(C)(C)C(C)C. The summed E-state index contributed by atoms with van der Waals surface area (Å²) in [5.74, 6) is 0.564. The van der Waals surface area contributed by atoms with Crippen molar-refractivity contribution in [2.24, 2.45) is 11.3 Å². The Morgan fingerprint density at radius 1 is 1.42 bits per heavy atom. The van der Waals surface area contributed by atoms with Gasteiger partial charge in [0.2, 0.25) is 0 Å². The van der Waals surface area contributed by atoms with Crippen molar-refractivity contribution in [1.82, 2.24) is 10.6 Å². The van der Waals surface area contributed by atoms with E-state index in [-0.39, 0.29) is 11.4 Å². The summed E-state index contributed by atoms with van der Waals surface area (Å²) < 4.78 is 0. The molecule has 2 N–H and O–H groups in total. The minimum atomic E-state index is -0.108. The first kappa shape index (κ1) is 11.3. The predicted molar refractivity (Wildman–Crippen MR) is 51.1 cm³/mol. The van der Waals surface area contributed by atoms with Crippen molar-refractivity contribution in [3.8, 4) is 0 Å². The molecule has 2 amide bonds. The minimum absolute atomic E-state index is 0.108. The summed E-state index contributed by atoms with van der Waals surface area (Å²) in [4.78, 5) is 10.9. The van der Waals surface area contributed by atoms with E-state index < -0.39 is 0 Å². The van der Waals surface area contributed by atoms with Crippen LogP contribution in [-0.2, 0) is 0 Å². The molecule has 0 bridgehead atoms. The summed E-state index contributed by atoms with van der Waals surface area (Å²) in [7, 11) is 1.62. The third-order valence-corrected chi connectivity index (χ3v) is 2.49. The van der Waals surface area contributed by atoms with Gasteiger partial charge in [-0.25, -0.2) is 4.79 Å². The molecular formula is C9H20N2O. The fraction of sp³-hybridized carbons (Fsp3) is 0.889. The molecule has 0 unspecified atom stereocenters. The summed E-state index contributed by atoms with van der Waals surface area (Å²) in [5, 5.41) is 5.33. The molecule has 0 aliphatic heterocycles. The van der Waals surface area contributed by atoms with E-state index in [0.29, 0.717) is 12.5 Å². The number of carbonyl (C=O) groups excluding carboxylic acids is 1. The highest BCUT2D eigenvalue weighted by molar-refractivity contribution is 5.73. The molecular weight excluding hydrogens is 152 g/mol. The average Bonchev–Trinajstić information content (AvgIpc) is 2.00. The molecule has 0 spiro atoms. The van der Waals surface area contributed by atoms with Crippen LogP contribution >= 0.6 is 0 Å². The molecule has 0 aliphatic carbocycles. The normalized spacial score (nSPS) is 11.5. The Hall–Kier alpha value is -0.730. The van der Waals surface area contributed by atoms with Crippen molar-refractivity contribution >= 4 is 6.03 Å². The first-order valence-corrected chi connectivity index (χ1v) is 4.35. The molecule has 3 heteroatoms. The second kappa shape index (κ2) is 4.33. The molecule has 0 heterocycles. The average molecular weight is 172 g/mol. The van der Waals surface area contributed by atoms with Gasteiger partial charge >= 0.3 is 6.03 Å². The first-order valence-electron chi connectivity index (χ1n) is 4.35. The molecule has 0 aliphatic rings. The maximum absolute atomic E-state index is 10.9. The zero-order chi connectivity index (χ0) is 9.78. The van der Waals surface area contributed by atoms with Crippen LogP contribution in [-0.4, -0.2) is 19.6 Å². The van der Waals surface area contributed by atoms with Gasteiger partial charge in [0.15, 0.2) is 0 Å². The van der Waals surface area contributed by atoms with Crippen molar-refractivity contribution < 1.29 is 4.79 Å². The van der Waals surface area contributed by atoms with Crippen molar-refractivity contribution in [3.63, 3.8) is 0 Å². The van der Waals surface area contributed by atoms with Crippen LogP contribution in [0.3, 0.4) is 0 Å². The molecule has 0 saturated heterocycles. The van der Waals surface area contributed by atoms with Crippen LogP contribution in [0.1, 0.15) is 27.7 Å². The highest BCUT2D eigenvalue weighted by Gasteiger charge is 2.22. The van der Waals surface area contributed by atoms with E-state index in [9.17, 15) is 4.79 Å². The lowest BCUT2D eigenvalue weighted by atomic mass is 9.81. The van der Waals surface area contributed by atoms with Gasteiger partial charge in [0.05, 0.1) is 0 Å². The van der Waals surface area contributed by atoms with Gasteiger partial charge in [-0.1, -0.05) is 27.7 Å². The molecule has 0 aromatic heterocycles. The smallest absolute Gasteiger partial charge is 0.314 e. The Bertz CT molecular complexity index is 153. The maximum atomic E-state index is 10.9. The van der Waals surface area contributed by atoms with E-state index in [1.807, 2.05) is 0 Å². The number of urea groups is 1. The fourth-order valence-corrected chi connectivity index (χ4v) is 0.601. The molecule has 12 heavy (non-hydrogen) atoms. The second-order valence-electron chi connectivity index (χ2n) is 4.08. The van der Waals surface area contributed by atoms with Crippen LogP contribution in [0.2, 0.25) is 0 Å². The first-order chi connectivity index (χ1) is 5.40. The quantitative estimate of drug-likeness (QED) is 0.667. The molecule has 0 saturated carbocycles. The van der Waals surface area contributed by atoms with Gasteiger partial charge < -0.3 is 10.6 Å².